The van der Waals surface area contributed by atoms with Gasteiger partial charge < -0.3 is 34.6 Å². The summed E-state index contributed by atoms with van der Waals surface area (Å²) in [6, 6.07) is 31.4. The summed E-state index contributed by atoms with van der Waals surface area (Å²) in [5, 5.41) is 25.5. The molecule has 59 heavy (non-hydrogen) atoms. The molecule has 3 aliphatic heterocycles. The van der Waals surface area contributed by atoms with Gasteiger partial charge in [0.2, 0.25) is 5.56 Å². The lowest BCUT2D eigenvalue weighted by Crippen LogP contribution is -2.59. The second kappa shape index (κ2) is 18.1. The molecule has 5 aromatic rings. The maximum atomic E-state index is 13.0. The summed E-state index contributed by atoms with van der Waals surface area (Å²) >= 11 is 0. The van der Waals surface area contributed by atoms with Gasteiger partial charge in [0.05, 0.1) is 30.0 Å². The zero-order chi connectivity index (χ0) is 41.7. The smallest absolute Gasteiger partial charge is 0.412 e. The van der Waals surface area contributed by atoms with Crippen molar-refractivity contribution in [3.05, 3.63) is 124 Å². The van der Waals surface area contributed by atoms with E-state index < -0.39 is 14.4 Å². The Hall–Kier alpha value is -4.94. The van der Waals surface area contributed by atoms with Gasteiger partial charge in [0.15, 0.2) is 8.32 Å². The molecule has 3 fully saturated rings. The summed E-state index contributed by atoms with van der Waals surface area (Å²) in [4.78, 5) is 31.9. The van der Waals surface area contributed by atoms with Crippen LogP contribution in [0.1, 0.15) is 69.2 Å². The number of amides is 1. The Morgan fingerprint density at radius 2 is 1.68 bits per heavy atom. The third-order valence-electron chi connectivity index (χ3n) is 12.8. The van der Waals surface area contributed by atoms with E-state index in [0.717, 1.165) is 96.4 Å². The largest absolute Gasteiger partial charge is 0.506 e. The molecule has 4 N–H and O–H groups in total. The van der Waals surface area contributed by atoms with Crippen molar-refractivity contribution in [3.63, 3.8) is 0 Å². The normalized spacial score (nSPS) is 18.5. The second-order valence-corrected chi connectivity index (χ2v) is 22.6. The monoisotopic (exact) mass is 816 g/mol. The number of unbranched alkanes of at least 4 members (excludes halogenated alkanes) is 1. The highest BCUT2D eigenvalue weighted by atomic mass is 28.4. The molecule has 4 heterocycles. The van der Waals surface area contributed by atoms with E-state index in [4.69, 9.17) is 9.16 Å². The number of H-pyrrole nitrogens is 1. The van der Waals surface area contributed by atoms with E-state index in [2.05, 4.69) is 91.5 Å². The Bertz CT molecular complexity index is 2260. The van der Waals surface area contributed by atoms with E-state index in [1.807, 2.05) is 36.4 Å². The highest BCUT2D eigenvalue weighted by Crippen LogP contribution is 2.42. The van der Waals surface area contributed by atoms with Crippen LogP contribution in [0.5, 0.6) is 11.5 Å². The zero-order valence-electron chi connectivity index (χ0n) is 35.2. The Labute approximate surface area is 349 Å². The number of nitrogens with one attached hydrogen (secondary N) is 2. The van der Waals surface area contributed by atoms with Gasteiger partial charge in [-0.15, -0.1) is 0 Å². The number of anilines is 1. The number of nitrogens with zero attached hydrogens (tertiary/aromatic N) is 2. The van der Waals surface area contributed by atoms with Crippen molar-refractivity contribution in [3.8, 4) is 22.6 Å². The molecule has 0 aliphatic carbocycles. The van der Waals surface area contributed by atoms with E-state index in [-0.39, 0.29) is 28.5 Å². The van der Waals surface area contributed by atoms with E-state index in [1.54, 1.807) is 17.0 Å². The molecule has 3 aliphatic rings. The van der Waals surface area contributed by atoms with Gasteiger partial charge in [0.25, 0.3) is 0 Å². The molecular formula is C48H60N4O6Si. The minimum absolute atomic E-state index is 0.00364. The number of phenolic OH excluding ortho intramolecular Hbond substituents is 1. The van der Waals surface area contributed by atoms with Gasteiger partial charge in [-0.3, -0.25) is 9.69 Å². The molecule has 0 radical (unpaired) electrons. The molecule has 4 aromatic carbocycles. The van der Waals surface area contributed by atoms with Gasteiger partial charge in [0.1, 0.15) is 11.5 Å². The first-order valence-electron chi connectivity index (χ1n) is 21.2. The first-order valence-corrected chi connectivity index (χ1v) is 24.1. The van der Waals surface area contributed by atoms with E-state index in [9.17, 15) is 19.8 Å². The molecule has 2 atom stereocenters. The number of aromatic nitrogens is 1. The second-order valence-electron chi connectivity index (χ2n) is 17.8. The molecule has 8 rings (SSSR count). The average molecular weight is 817 g/mol. The van der Waals surface area contributed by atoms with Gasteiger partial charge in [-0.05, 0) is 122 Å². The summed E-state index contributed by atoms with van der Waals surface area (Å²) in [5.41, 5.74) is 6.10. The first kappa shape index (κ1) is 42.2. The predicted octanol–water partition coefficient (Wildman–Crippen LogP) is 9.73. The SMILES string of the molecule is CC(C)(C)[Si](C)(C)O[C@H](CNCc1ccc(OCCCCc2ccc(-c3ccccc3)c(N(C(=O)O)[C@H]3CN4CCC3CC4)c2)cc1)c1ccc(O)c2[nH]c(=O)ccc12. The number of aryl methyl sites for hydroxylation is 1. The van der Waals surface area contributed by atoms with Crippen molar-refractivity contribution in [1.29, 1.82) is 0 Å². The van der Waals surface area contributed by atoms with Crippen LogP contribution in [0.2, 0.25) is 18.1 Å². The number of rotatable bonds is 16. The number of piperidine rings is 3. The van der Waals surface area contributed by atoms with Crippen LogP contribution in [0.15, 0.2) is 102 Å². The van der Waals surface area contributed by atoms with Crippen molar-refractivity contribution < 1.29 is 24.2 Å². The molecule has 0 unspecified atom stereocenters. The Morgan fingerprint density at radius 3 is 2.36 bits per heavy atom. The van der Waals surface area contributed by atoms with E-state index in [0.29, 0.717) is 31.1 Å². The average Bonchev–Trinajstić information content (AvgIpc) is 3.22. The standard InChI is InChI=1S/C48H60N4O6Si/c1-48(2,3)59(4,5)58-44(39-20-22-43(53)46-40(39)21-23-45(54)50-46)31-49-30-34-14-17-37(18-15-34)57-28-10-9-11-33-16-19-38(35-12-7-6-8-13-35)41(29-33)52(47(55)56)42-32-51-26-24-36(42)25-27-51/h6-8,12-23,29,36,42,44,49,53H,9-11,24-28,30-32H2,1-5H3,(H,50,54)(H,55,56)/t42-,44+/m0/s1. The van der Waals surface area contributed by atoms with Gasteiger partial charge in [-0.25, -0.2) is 4.79 Å². The van der Waals surface area contributed by atoms with Crippen LogP contribution in [0.4, 0.5) is 10.5 Å². The summed E-state index contributed by atoms with van der Waals surface area (Å²) in [5.74, 6) is 1.24. The van der Waals surface area contributed by atoms with Crippen LogP contribution in [0, 0.1) is 5.92 Å². The van der Waals surface area contributed by atoms with Gasteiger partial charge in [0, 0.05) is 36.7 Å². The third-order valence-corrected chi connectivity index (χ3v) is 17.3. The molecule has 312 valence electrons. The lowest BCUT2D eigenvalue weighted by Gasteiger charge is -2.48. The highest BCUT2D eigenvalue weighted by Gasteiger charge is 2.41. The fourth-order valence-corrected chi connectivity index (χ4v) is 9.68. The van der Waals surface area contributed by atoms with Crippen molar-refractivity contribution >= 4 is 31.0 Å². The van der Waals surface area contributed by atoms with Crippen molar-refractivity contribution in [2.75, 3.05) is 37.7 Å². The topological polar surface area (TPSA) is 127 Å². The van der Waals surface area contributed by atoms with Crippen LogP contribution < -0.4 is 20.5 Å². The molecule has 11 heteroatoms. The van der Waals surface area contributed by atoms with Crippen LogP contribution in [-0.2, 0) is 17.4 Å². The number of ether oxygens (including phenoxy) is 1. The van der Waals surface area contributed by atoms with Gasteiger partial charge >= 0.3 is 6.09 Å². The summed E-state index contributed by atoms with van der Waals surface area (Å²) < 4.78 is 13.1. The number of carbonyl (C=O) groups is 1. The van der Waals surface area contributed by atoms with Crippen LogP contribution >= 0.6 is 0 Å². The molecule has 0 saturated carbocycles. The highest BCUT2D eigenvalue weighted by molar-refractivity contribution is 6.74. The van der Waals surface area contributed by atoms with Crippen molar-refractivity contribution in [1.82, 2.24) is 15.2 Å². The Balaban J connectivity index is 0.945. The summed E-state index contributed by atoms with van der Waals surface area (Å²) in [7, 11) is -2.19. The van der Waals surface area contributed by atoms with E-state index in [1.165, 1.54) is 6.07 Å². The number of aromatic amines is 1. The predicted molar refractivity (Wildman–Crippen MR) is 239 cm³/mol. The number of benzene rings is 4. The minimum atomic E-state index is -2.19. The quantitative estimate of drug-likeness (QED) is 0.0573. The number of hydrogen-bond acceptors (Lipinski definition) is 7. The van der Waals surface area contributed by atoms with Crippen molar-refractivity contribution in [2.24, 2.45) is 5.92 Å². The maximum Gasteiger partial charge on any atom is 0.412 e. The summed E-state index contributed by atoms with van der Waals surface area (Å²) in [6.45, 7) is 15.8. The molecule has 10 nitrogen and oxygen atoms in total. The Morgan fingerprint density at radius 1 is 0.949 bits per heavy atom. The molecule has 2 bridgehead atoms. The number of fused-ring (bicyclic) bond motifs is 4. The number of hydrogen-bond donors (Lipinski definition) is 4. The fourth-order valence-electron chi connectivity index (χ4n) is 8.40. The molecule has 1 aromatic heterocycles. The van der Waals surface area contributed by atoms with Crippen LogP contribution in [-0.4, -0.2) is 73.3 Å². The van der Waals surface area contributed by atoms with Gasteiger partial charge in [-0.1, -0.05) is 81.4 Å². The lowest BCUT2D eigenvalue weighted by atomic mass is 9.82. The maximum absolute atomic E-state index is 13.0. The molecule has 0 spiro atoms. The third kappa shape index (κ3) is 9.92. The number of pyridine rings is 1. The minimum Gasteiger partial charge on any atom is -0.506 e. The lowest BCUT2D eigenvalue weighted by molar-refractivity contribution is 0.0837. The molecular weight excluding hydrogens is 757 g/mol. The Kier molecular flexibility index (Phi) is 13.0. The van der Waals surface area contributed by atoms with Crippen molar-refractivity contribution in [2.45, 2.75) is 89.7 Å². The fraction of sp³-hybridized carbons (Fsp3) is 0.417. The molecule has 1 amide bonds. The van der Waals surface area contributed by atoms with E-state index >= 15 is 0 Å². The van der Waals surface area contributed by atoms with Crippen LogP contribution in [0.25, 0.3) is 22.0 Å². The van der Waals surface area contributed by atoms with Crippen LogP contribution in [0.3, 0.4) is 0 Å². The van der Waals surface area contributed by atoms with Gasteiger partial charge in [-0.2, -0.15) is 0 Å². The first-order chi connectivity index (χ1) is 28.3. The number of phenols is 1. The summed E-state index contributed by atoms with van der Waals surface area (Å²) in [6.07, 6.45) is 3.56. The molecule has 3 saturated heterocycles. The zero-order valence-corrected chi connectivity index (χ0v) is 36.2. The number of carboxylic acid groups (broad SMARTS) is 1. The number of aromatic hydroxyl groups is 1.